The van der Waals surface area contributed by atoms with Gasteiger partial charge in [0, 0.05) is 41.0 Å². The zero-order valence-electron chi connectivity index (χ0n) is 19.8. The van der Waals surface area contributed by atoms with Crippen LogP contribution in [0.25, 0.3) is 16.7 Å². The number of H-pyrrole nitrogens is 1. The normalized spacial score (nSPS) is 12.2. The predicted octanol–water partition coefficient (Wildman–Crippen LogP) is 4.27. The monoisotopic (exact) mass is 486 g/mol. The van der Waals surface area contributed by atoms with Gasteiger partial charge in [-0.25, -0.2) is 9.50 Å². The minimum atomic E-state index is -0.0759. The van der Waals surface area contributed by atoms with Gasteiger partial charge in [0.25, 0.3) is 5.78 Å². The van der Waals surface area contributed by atoms with Crippen molar-refractivity contribution in [2.24, 2.45) is 0 Å². The Hall–Kier alpha value is -3.85. The number of methoxy groups -OCH3 is 1. The molecular formula is C26H26N6O2S. The third-order valence-corrected chi connectivity index (χ3v) is 6.79. The largest absolute Gasteiger partial charge is 0.497 e. The molecule has 0 bridgehead atoms. The van der Waals surface area contributed by atoms with Crippen LogP contribution in [0.4, 0.5) is 0 Å². The zero-order valence-corrected chi connectivity index (χ0v) is 20.6. The fraction of sp³-hybridized carbons (Fsp3) is 0.231. The molecule has 2 aromatic carbocycles. The Morgan fingerprint density at radius 3 is 2.74 bits per heavy atom. The number of hydrogen-bond donors (Lipinski definition) is 2. The molecule has 1 atom stereocenters. The smallest absolute Gasteiger partial charge is 0.253 e. The quantitative estimate of drug-likeness (QED) is 0.318. The molecule has 1 amide bonds. The molecule has 3 aromatic heterocycles. The number of carbonyl (C=O) groups excluding carboxylic acids is 1. The molecule has 9 heteroatoms. The number of fused-ring (bicyclic) bond motifs is 2. The standard InChI is InChI=1S/C26H26N6O2S/c1-16-12-17(2)32-25(29-16)30-26(31-32)35-15-24(33)28-13-21(18-8-10-19(34-3)11-9-18)22-14-27-23-7-5-4-6-20(22)23/h4-12,14,21,27H,13,15H2,1-3H3,(H,28,33)/t21-/m0/s1. The highest BCUT2D eigenvalue weighted by Gasteiger charge is 2.20. The number of aromatic nitrogens is 5. The summed E-state index contributed by atoms with van der Waals surface area (Å²) in [6, 6.07) is 18.1. The molecule has 0 aliphatic rings. The van der Waals surface area contributed by atoms with Gasteiger partial charge in [-0.15, -0.1) is 5.10 Å². The van der Waals surface area contributed by atoms with Crippen molar-refractivity contribution >= 4 is 34.3 Å². The fourth-order valence-corrected chi connectivity index (χ4v) is 4.88. The third kappa shape index (κ3) is 4.85. The van der Waals surface area contributed by atoms with E-state index in [0.29, 0.717) is 17.5 Å². The van der Waals surface area contributed by atoms with Crippen molar-refractivity contribution in [2.75, 3.05) is 19.4 Å². The second-order valence-electron chi connectivity index (χ2n) is 8.35. The van der Waals surface area contributed by atoms with Crippen molar-refractivity contribution in [3.05, 3.63) is 83.3 Å². The molecule has 0 aliphatic heterocycles. The van der Waals surface area contributed by atoms with E-state index in [1.165, 1.54) is 11.8 Å². The highest BCUT2D eigenvalue weighted by molar-refractivity contribution is 7.99. The van der Waals surface area contributed by atoms with E-state index >= 15 is 0 Å². The van der Waals surface area contributed by atoms with E-state index < -0.39 is 0 Å². The van der Waals surface area contributed by atoms with Gasteiger partial charge in [0.2, 0.25) is 11.1 Å². The summed E-state index contributed by atoms with van der Waals surface area (Å²) in [5, 5.41) is 9.25. The first-order valence-corrected chi connectivity index (χ1v) is 12.3. The van der Waals surface area contributed by atoms with E-state index in [1.807, 2.05) is 62.5 Å². The number of nitrogens with one attached hydrogen (secondary N) is 2. The average molecular weight is 487 g/mol. The van der Waals surface area contributed by atoms with Crippen LogP contribution >= 0.6 is 11.8 Å². The zero-order chi connectivity index (χ0) is 24.4. The molecule has 5 aromatic rings. The number of amides is 1. The van der Waals surface area contributed by atoms with E-state index in [9.17, 15) is 4.79 Å². The first-order valence-electron chi connectivity index (χ1n) is 11.3. The van der Waals surface area contributed by atoms with E-state index in [-0.39, 0.29) is 17.6 Å². The minimum Gasteiger partial charge on any atom is -0.497 e. The van der Waals surface area contributed by atoms with Gasteiger partial charge in [-0.05, 0) is 49.2 Å². The van der Waals surface area contributed by atoms with Crippen LogP contribution in [-0.4, -0.2) is 49.9 Å². The summed E-state index contributed by atoms with van der Waals surface area (Å²) in [5.41, 5.74) is 5.15. The molecule has 35 heavy (non-hydrogen) atoms. The first kappa shape index (κ1) is 22.9. The molecule has 0 saturated carbocycles. The number of benzene rings is 2. The van der Waals surface area contributed by atoms with Crippen LogP contribution in [0, 0.1) is 13.8 Å². The number of aryl methyl sites for hydroxylation is 2. The summed E-state index contributed by atoms with van der Waals surface area (Å²) in [7, 11) is 1.65. The van der Waals surface area contributed by atoms with Gasteiger partial charge in [-0.2, -0.15) is 4.98 Å². The lowest BCUT2D eigenvalue weighted by Gasteiger charge is -2.18. The van der Waals surface area contributed by atoms with Crippen LogP contribution in [0.5, 0.6) is 5.75 Å². The number of carbonyl (C=O) groups is 1. The van der Waals surface area contributed by atoms with E-state index in [2.05, 4.69) is 37.5 Å². The van der Waals surface area contributed by atoms with Crippen molar-refractivity contribution in [3.8, 4) is 5.75 Å². The Balaban J connectivity index is 1.31. The van der Waals surface area contributed by atoms with E-state index in [1.54, 1.807) is 11.6 Å². The van der Waals surface area contributed by atoms with Crippen molar-refractivity contribution < 1.29 is 9.53 Å². The Bertz CT molecular complexity index is 1490. The molecule has 5 rings (SSSR count). The number of rotatable bonds is 8. The molecule has 3 heterocycles. The van der Waals surface area contributed by atoms with Crippen LogP contribution in [0.3, 0.4) is 0 Å². The van der Waals surface area contributed by atoms with Gasteiger partial charge in [0.15, 0.2) is 0 Å². The maximum atomic E-state index is 12.8. The summed E-state index contributed by atoms with van der Waals surface area (Å²) in [6.07, 6.45) is 2.03. The Morgan fingerprint density at radius 2 is 1.94 bits per heavy atom. The summed E-state index contributed by atoms with van der Waals surface area (Å²) in [6.45, 7) is 4.35. The van der Waals surface area contributed by atoms with Crippen LogP contribution in [0.15, 0.2) is 66.0 Å². The van der Waals surface area contributed by atoms with Crippen molar-refractivity contribution in [1.29, 1.82) is 0 Å². The van der Waals surface area contributed by atoms with Gasteiger partial charge in [0.1, 0.15) is 5.75 Å². The van der Waals surface area contributed by atoms with Gasteiger partial charge in [-0.3, -0.25) is 4.79 Å². The lowest BCUT2D eigenvalue weighted by Crippen LogP contribution is -2.30. The second kappa shape index (κ2) is 9.79. The van der Waals surface area contributed by atoms with Gasteiger partial charge < -0.3 is 15.0 Å². The molecular weight excluding hydrogens is 460 g/mol. The Labute approximate surface area is 207 Å². The summed E-state index contributed by atoms with van der Waals surface area (Å²) < 4.78 is 7.02. The minimum absolute atomic E-state index is 0.0193. The third-order valence-electron chi connectivity index (χ3n) is 5.95. The SMILES string of the molecule is COc1ccc([C@H](CNC(=O)CSc2nc3nc(C)cc(C)n3n2)c2c[nH]c3ccccc23)cc1. The Morgan fingerprint density at radius 1 is 1.14 bits per heavy atom. The van der Waals surface area contributed by atoms with E-state index in [0.717, 1.165) is 39.2 Å². The predicted molar refractivity (Wildman–Crippen MR) is 137 cm³/mol. The van der Waals surface area contributed by atoms with Crippen LogP contribution in [-0.2, 0) is 4.79 Å². The summed E-state index contributed by atoms with van der Waals surface area (Å²) >= 11 is 1.30. The number of nitrogens with zero attached hydrogens (tertiary/aromatic N) is 4. The molecule has 8 nitrogen and oxygen atoms in total. The van der Waals surface area contributed by atoms with Crippen LogP contribution < -0.4 is 10.1 Å². The highest BCUT2D eigenvalue weighted by Crippen LogP contribution is 2.31. The Kier molecular flexibility index (Phi) is 6.41. The van der Waals surface area contributed by atoms with Gasteiger partial charge in [-0.1, -0.05) is 42.1 Å². The maximum absolute atomic E-state index is 12.8. The molecule has 0 aliphatic carbocycles. The molecule has 0 spiro atoms. The molecule has 2 N–H and O–H groups in total. The van der Waals surface area contributed by atoms with Crippen molar-refractivity contribution in [3.63, 3.8) is 0 Å². The maximum Gasteiger partial charge on any atom is 0.253 e. The number of ether oxygens (including phenoxy) is 1. The molecule has 0 unspecified atom stereocenters. The lowest BCUT2D eigenvalue weighted by molar-refractivity contribution is -0.118. The number of thioether (sulfide) groups is 1. The highest BCUT2D eigenvalue weighted by atomic mass is 32.2. The number of aromatic amines is 1. The topological polar surface area (TPSA) is 97.2 Å². The van der Waals surface area contributed by atoms with Crippen LogP contribution in [0.2, 0.25) is 0 Å². The van der Waals surface area contributed by atoms with Crippen LogP contribution in [0.1, 0.15) is 28.4 Å². The van der Waals surface area contributed by atoms with Crippen molar-refractivity contribution in [2.45, 2.75) is 24.9 Å². The van der Waals surface area contributed by atoms with Gasteiger partial charge >= 0.3 is 0 Å². The molecule has 178 valence electrons. The van der Waals surface area contributed by atoms with Gasteiger partial charge in [0.05, 0.1) is 12.9 Å². The molecule has 0 saturated heterocycles. The second-order valence-corrected chi connectivity index (χ2v) is 9.30. The van der Waals surface area contributed by atoms with E-state index in [4.69, 9.17) is 4.74 Å². The number of para-hydroxylation sites is 1. The van der Waals surface area contributed by atoms with Crippen molar-refractivity contribution in [1.82, 2.24) is 29.9 Å². The molecule has 0 radical (unpaired) electrons. The summed E-state index contributed by atoms with van der Waals surface area (Å²) in [4.78, 5) is 25.0. The fourth-order valence-electron chi connectivity index (χ4n) is 4.23. The lowest BCUT2D eigenvalue weighted by atomic mass is 9.91. The summed E-state index contributed by atoms with van der Waals surface area (Å²) in [5.74, 6) is 1.47. The molecule has 0 fully saturated rings. The average Bonchev–Trinajstić information content (AvgIpc) is 3.48. The first-order chi connectivity index (χ1) is 17.0. The number of hydrogen-bond acceptors (Lipinski definition) is 6.